The van der Waals surface area contributed by atoms with E-state index in [9.17, 15) is 27.1 Å². The minimum absolute atomic E-state index is 0. The Hall–Kier alpha value is -0.428. The van der Waals surface area contributed by atoms with Crippen molar-refractivity contribution in [2.45, 2.75) is 82.1 Å². The number of alkyl halides is 5. The fourth-order valence-electron chi connectivity index (χ4n) is 4.00. The zero-order valence-corrected chi connectivity index (χ0v) is 30.6. The van der Waals surface area contributed by atoms with Crippen LogP contribution in [0.4, 0.5) is 22.0 Å². The number of halogens is 7. The van der Waals surface area contributed by atoms with Crippen molar-refractivity contribution < 1.29 is 58.2 Å². The molecule has 0 bridgehead atoms. The van der Waals surface area contributed by atoms with E-state index in [2.05, 4.69) is 32.3 Å². The molecule has 2 atom stereocenters. The van der Waals surface area contributed by atoms with Crippen LogP contribution in [-0.2, 0) is 6.54 Å². The molecule has 0 saturated carbocycles. The minimum atomic E-state index is -4.44. The van der Waals surface area contributed by atoms with Crippen LogP contribution in [0.3, 0.4) is 0 Å². The number of hydrogen-bond donors (Lipinski definition) is 2. The summed E-state index contributed by atoms with van der Waals surface area (Å²) in [5.74, 6) is -2.82. The van der Waals surface area contributed by atoms with Gasteiger partial charge in [0.05, 0.1) is 27.2 Å². The molecule has 0 aliphatic carbocycles. The number of hydrogen-bond acceptors (Lipinski definition) is 7. The second-order valence-electron chi connectivity index (χ2n) is 9.88. The summed E-state index contributed by atoms with van der Waals surface area (Å²) in [5, 5.41) is 19.1. The Morgan fingerprint density at radius 2 is 1.95 bits per heavy atom. The maximum Gasteiger partial charge on any atom is 2.00 e. The molecule has 2 aromatic rings. The van der Waals surface area contributed by atoms with Gasteiger partial charge in [0.2, 0.25) is 0 Å². The number of aliphatic hydroxyl groups is 1. The van der Waals surface area contributed by atoms with Crippen molar-refractivity contribution in [3.8, 4) is 10.4 Å². The Kier molecular flexibility index (Phi) is 14.1. The Balaban J connectivity index is 0.00000616. The molecule has 0 amide bonds. The monoisotopic (exact) mass is 895 g/mol. The van der Waals surface area contributed by atoms with Gasteiger partial charge in [0, 0.05) is 23.4 Å². The van der Waals surface area contributed by atoms with E-state index in [-0.39, 0.29) is 65.6 Å². The van der Waals surface area contributed by atoms with Gasteiger partial charge in [-0.1, -0.05) is 66.3 Å². The van der Waals surface area contributed by atoms with Crippen LogP contribution in [0.15, 0.2) is 27.2 Å². The van der Waals surface area contributed by atoms with Crippen molar-refractivity contribution in [2.24, 2.45) is 10.2 Å². The fraction of sp³-hybridized carbons (Fsp3) is 0.538. The van der Waals surface area contributed by atoms with Crippen LogP contribution in [0.25, 0.3) is 10.4 Å². The van der Waals surface area contributed by atoms with E-state index in [0.717, 1.165) is 11.3 Å². The first kappa shape index (κ1) is 37.8. The summed E-state index contributed by atoms with van der Waals surface area (Å²) in [6.45, 7) is 6.14. The topological polar surface area (TPSA) is 73.1 Å². The van der Waals surface area contributed by atoms with E-state index in [1.54, 1.807) is 29.3 Å². The number of nitrogens with zero attached hydrogens (tertiary/aromatic N) is 4. The van der Waals surface area contributed by atoms with Gasteiger partial charge in [-0.15, -0.1) is 0 Å². The molecule has 0 radical (unpaired) electrons. The van der Waals surface area contributed by atoms with E-state index in [1.807, 2.05) is 0 Å². The Bertz CT molecular complexity index is 1320. The molecule has 16 heteroatoms. The summed E-state index contributed by atoms with van der Waals surface area (Å²) in [5.41, 5.74) is -0.427. The quantitative estimate of drug-likeness (QED) is 0.0850. The Morgan fingerprint density at radius 1 is 1.26 bits per heavy atom. The van der Waals surface area contributed by atoms with E-state index in [4.69, 9.17) is 23.2 Å². The predicted octanol–water partition coefficient (Wildman–Crippen LogP) is 7.57. The van der Waals surface area contributed by atoms with Crippen LogP contribution in [0, 0.1) is 31.1 Å². The number of rotatable bonds is 10. The van der Waals surface area contributed by atoms with E-state index in [0.29, 0.717) is 34.0 Å². The molecule has 42 heavy (non-hydrogen) atoms. The molecular weight excluding hydrogens is 866 g/mol. The van der Waals surface area contributed by atoms with Crippen molar-refractivity contribution in [3.05, 3.63) is 32.9 Å². The predicted molar refractivity (Wildman–Crippen MR) is 158 cm³/mol. The third kappa shape index (κ3) is 10.6. The molecule has 0 spiro atoms. The van der Waals surface area contributed by atoms with Crippen molar-refractivity contribution >= 4 is 63.0 Å². The van der Waals surface area contributed by atoms with Gasteiger partial charge < -0.3 is 27.7 Å². The molecule has 6 nitrogen and oxygen atoms in total. The molecule has 1 fully saturated rings. The van der Waals surface area contributed by atoms with E-state index >= 15 is 0 Å². The van der Waals surface area contributed by atoms with Crippen LogP contribution < -0.4 is 4.72 Å². The smallest absolute Gasteiger partial charge is 0.420 e. The maximum atomic E-state index is 14.1. The molecule has 1 saturated heterocycles. The molecule has 1 aromatic heterocycles. The zero-order chi connectivity index (χ0) is 30.6. The number of thiazole rings is 1. The van der Waals surface area contributed by atoms with E-state index in [1.165, 1.54) is 20.8 Å². The first-order valence-corrected chi connectivity index (χ1v) is 15.5. The van der Waals surface area contributed by atoms with E-state index < -0.39 is 41.0 Å². The van der Waals surface area contributed by atoms with Crippen molar-refractivity contribution in [3.63, 3.8) is 0 Å². The van der Waals surface area contributed by atoms with Crippen molar-refractivity contribution in [2.75, 3.05) is 13.1 Å². The van der Waals surface area contributed by atoms with Crippen LogP contribution in [0.1, 0.15) is 57.7 Å². The average Bonchev–Trinajstić information content (AvgIpc) is 3.24. The molecule has 1 aliphatic rings. The number of nitrogens with one attached hydrogen (secondary N) is 1. The second kappa shape index (κ2) is 15.7. The zero-order valence-electron chi connectivity index (χ0n) is 23.3. The molecule has 2 N–H and O–H groups in total. The number of benzene rings is 1. The third-order valence-corrected chi connectivity index (χ3v) is 9.75. The van der Waals surface area contributed by atoms with Crippen LogP contribution in [0.2, 0.25) is 10.0 Å². The Labute approximate surface area is 282 Å². The number of aromatic nitrogens is 1. The molecule has 1 unspecified atom stereocenters. The Morgan fingerprint density at radius 3 is 2.52 bits per heavy atom. The number of likely N-dealkylation sites (tertiary alicyclic amines) is 1. The van der Waals surface area contributed by atoms with Gasteiger partial charge in [-0.25, -0.2) is 8.78 Å². The second-order valence-corrected chi connectivity index (χ2v) is 13.5. The first-order chi connectivity index (χ1) is 19.0. The summed E-state index contributed by atoms with van der Waals surface area (Å²) in [7, 11) is -1.17. The van der Waals surface area contributed by atoms with Gasteiger partial charge in [0.25, 0.3) is 5.92 Å². The number of piperidine rings is 1. The van der Waals surface area contributed by atoms with Crippen LogP contribution in [0.5, 0.6) is 0 Å². The molecular formula is C26H30Cl2F5N5OS2U. The average molecular weight is 897 g/mol. The van der Waals surface area contributed by atoms with Gasteiger partial charge in [-0.3, -0.25) is 14.6 Å². The summed E-state index contributed by atoms with van der Waals surface area (Å²) >= 11 is 14.4. The SMILES string of the molecule is C/C=S(/N[C@@H](CC)C(F)(F)F)c1ccc(-c2sc([C-]=NN=[C-]C(C)(C)O)nc2CN2CCCC(F)(F)C2)c(Cl)c1Cl.[U+2]. The maximum absolute atomic E-state index is 14.1. The van der Waals surface area contributed by atoms with Gasteiger partial charge in [0.1, 0.15) is 6.04 Å². The molecule has 3 rings (SSSR count). The summed E-state index contributed by atoms with van der Waals surface area (Å²) in [4.78, 5) is 7.03. The summed E-state index contributed by atoms with van der Waals surface area (Å²) < 4.78 is 71.1. The standard InChI is InChI=1S/C26H30Cl2F5N5OS2.U/c1-5-19(26(31,32)33)37-41(6-2)18-9-8-16(21(27)22(18)28)23-17(13-38-11-7-10-25(29,30)15-38)36-20(40-23)12-34-35-14-24(3,4)39;/h6,8-9,19,37,39H,5,7,10-11,13,15H2,1-4H3;/q-2;+2/t19-,41?;/m0./s1. The minimum Gasteiger partial charge on any atom is -0.420 e. The summed E-state index contributed by atoms with van der Waals surface area (Å²) in [6, 6.07) is 1.49. The fourth-order valence-corrected chi connectivity index (χ4v) is 7.36. The largest absolute Gasteiger partial charge is 2.00 e. The third-order valence-electron chi connectivity index (χ3n) is 5.90. The van der Waals surface area contributed by atoms with Gasteiger partial charge in [0.15, 0.2) is 0 Å². The molecule has 2 heterocycles. The molecule has 230 valence electrons. The summed E-state index contributed by atoms with van der Waals surface area (Å²) in [6.07, 6.45) is 0.591. The molecule has 1 aromatic carbocycles. The van der Waals surface area contributed by atoms with Crippen molar-refractivity contribution in [1.82, 2.24) is 14.6 Å². The van der Waals surface area contributed by atoms with Crippen LogP contribution in [-0.4, -0.2) is 69.6 Å². The normalized spacial score (nSPS) is 18.1. The van der Waals surface area contributed by atoms with Crippen molar-refractivity contribution in [1.29, 1.82) is 0 Å². The van der Waals surface area contributed by atoms with Gasteiger partial charge in [-0.2, -0.15) is 24.5 Å². The van der Waals surface area contributed by atoms with Crippen LogP contribution >= 0.6 is 45.2 Å². The van der Waals surface area contributed by atoms with Gasteiger partial charge >= 0.3 is 37.3 Å². The molecule has 1 aliphatic heterocycles. The first-order valence-electron chi connectivity index (χ1n) is 12.6. The van der Waals surface area contributed by atoms with Gasteiger partial charge in [-0.05, 0) is 42.8 Å².